The fraction of sp³-hybridized carbons (Fsp3) is 0.682. The zero-order valence-corrected chi connectivity index (χ0v) is 16.3. The first-order valence-corrected chi connectivity index (χ1v) is 9.94. The van der Waals surface area contributed by atoms with E-state index >= 15 is 0 Å². The van der Waals surface area contributed by atoms with Crippen molar-refractivity contribution in [3.05, 3.63) is 29.3 Å². The summed E-state index contributed by atoms with van der Waals surface area (Å²) in [7, 11) is 0. The highest BCUT2D eigenvalue weighted by molar-refractivity contribution is 5.85. The normalized spacial score (nSPS) is 35.4. The lowest BCUT2D eigenvalue weighted by atomic mass is 9.52. The first kappa shape index (κ1) is 17.8. The van der Waals surface area contributed by atoms with Crippen LogP contribution in [0, 0.1) is 31.6 Å². The predicted octanol–water partition coefficient (Wildman–Crippen LogP) is 3.52. The molecule has 5 rings (SSSR count). The molecule has 4 aliphatic carbocycles. The summed E-state index contributed by atoms with van der Waals surface area (Å²) in [5, 5.41) is 14.0. The van der Waals surface area contributed by atoms with Crippen LogP contribution in [0.5, 0.6) is 5.75 Å². The van der Waals surface area contributed by atoms with Crippen LogP contribution < -0.4 is 10.1 Å². The van der Waals surface area contributed by atoms with Crippen molar-refractivity contribution in [1.82, 2.24) is 5.32 Å². The second kappa shape index (κ2) is 5.98. The van der Waals surface area contributed by atoms with Gasteiger partial charge in [-0.25, -0.2) is 0 Å². The number of aliphatic hydroxyl groups is 1. The molecule has 4 nitrogen and oxygen atoms in total. The molecule has 0 radical (unpaired) electrons. The third-order valence-corrected chi connectivity index (χ3v) is 6.65. The van der Waals surface area contributed by atoms with Gasteiger partial charge in [-0.1, -0.05) is 6.07 Å². The first-order chi connectivity index (χ1) is 12.1. The molecule has 2 N–H and O–H groups in total. The lowest BCUT2D eigenvalue weighted by Gasteiger charge is -2.58. The van der Waals surface area contributed by atoms with Gasteiger partial charge in [-0.05, 0) is 101 Å². The molecule has 0 spiro atoms. The summed E-state index contributed by atoms with van der Waals surface area (Å²) in [5.41, 5.74) is 0.866. The van der Waals surface area contributed by atoms with Gasteiger partial charge in [0, 0.05) is 6.04 Å². The largest absolute Gasteiger partial charge is 0.478 e. The number of ether oxygens (including phenoxy) is 1. The number of aryl methyl sites for hydroxylation is 2. The van der Waals surface area contributed by atoms with E-state index in [9.17, 15) is 9.90 Å². The minimum Gasteiger partial charge on any atom is -0.478 e. The smallest absolute Gasteiger partial charge is 0.263 e. The van der Waals surface area contributed by atoms with Gasteiger partial charge in [-0.15, -0.1) is 0 Å². The van der Waals surface area contributed by atoms with Crippen molar-refractivity contribution in [2.45, 2.75) is 77.0 Å². The Morgan fingerprint density at radius 2 is 1.69 bits per heavy atom. The Labute approximate surface area is 156 Å². The van der Waals surface area contributed by atoms with Crippen LogP contribution in [0.15, 0.2) is 18.2 Å². The lowest BCUT2D eigenvalue weighted by molar-refractivity contribution is -0.152. The average Bonchev–Trinajstić information content (AvgIpc) is 2.47. The van der Waals surface area contributed by atoms with Crippen LogP contribution >= 0.6 is 0 Å². The van der Waals surface area contributed by atoms with E-state index in [1.165, 1.54) is 0 Å². The quantitative estimate of drug-likeness (QED) is 0.867. The number of carbonyl (C=O) groups is 1. The maximum absolute atomic E-state index is 13.0. The van der Waals surface area contributed by atoms with Gasteiger partial charge in [0.1, 0.15) is 5.75 Å². The van der Waals surface area contributed by atoms with Crippen molar-refractivity contribution in [2.24, 2.45) is 17.8 Å². The van der Waals surface area contributed by atoms with Crippen molar-refractivity contribution >= 4 is 5.91 Å². The molecule has 4 heteroatoms. The molecule has 1 aromatic carbocycles. The van der Waals surface area contributed by atoms with Gasteiger partial charge in [0.2, 0.25) is 0 Å². The van der Waals surface area contributed by atoms with Gasteiger partial charge >= 0.3 is 0 Å². The van der Waals surface area contributed by atoms with E-state index in [2.05, 4.69) is 11.4 Å². The van der Waals surface area contributed by atoms with Crippen LogP contribution in [0.2, 0.25) is 0 Å². The highest BCUT2D eigenvalue weighted by atomic mass is 16.5. The molecule has 4 bridgehead atoms. The van der Waals surface area contributed by atoms with E-state index in [0.717, 1.165) is 49.0 Å². The fourth-order valence-corrected chi connectivity index (χ4v) is 5.88. The van der Waals surface area contributed by atoms with Gasteiger partial charge in [0.05, 0.1) is 5.60 Å². The number of nitrogens with one attached hydrogen (secondary N) is 1. The molecule has 1 aromatic rings. The summed E-state index contributed by atoms with van der Waals surface area (Å²) in [6.45, 7) is 7.74. The Bertz CT molecular complexity index is 690. The Balaban J connectivity index is 1.45. The SMILES string of the molecule is Cc1cc(C)cc(OC(C)(C)C(=O)NC2[C@@H]3CC4C[C@H]2CC(O)(C4)C3)c1. The molecular weight excluding hydrogens is 326 g/mol. The topological polar surface area (TPSA) is 58.6 Å². The molecule has 4 fully saturated rings. The van der Waals surface area contributed by atoms with Gasteiger partial charge in [0.25, 0.3) is 5.91 Å². The number of hydrogen-bond donors (Lipinski definition) is 2. The number of amides is 1. The summed E-state index contributed by atoms with van der Waals surface area (Å²) < 4.78 is 6.08. The molecule has 1 amide bonds. The summed E-state index contributed by atoms with van der Waals surface area (Å²) in [5.74, 6) is 2.15. The van der Waals surface area contributed by atoms with Crippen molar-refractivity contribution in [3.63, 3.8) is 0 Å². The molecule has 3 unspecified atom stereocenters. The Morgan fingerprint density at radius 1 is 1.12 bits per heavy atom. The highest BCUT2D eigenvalue weighted by Crippen LogP contribution is 2.55. The lowest BCUT2D eigenvalue weighted by Crippen LogP contribution is -2.63. The predicted molar refractivity (Wildman–Crippen MR) is 101 cm³/mol. The van der Waals surface area contributed by atoms with Crippen LogP contribution in [-0.2, 0) is 4.79 Å². The van der Waals surface area contributed by atoms with E-state index in [4.69, 9.17) is 4.74 Å². The second-order valence-electron chi connectivity index (χ2n) is 9.63. The molecular formula is C22H31NO3. The zero-order chi connectivity index (χ0) is 18.7. The molecule has 4 saturated carbocycles. The monoisotopic (exact) mass is 357 g/mol. The molecule has 0 saturated heterocycles. The van der Waals surface area contributed by atoms with Gasteiger partial charge in [0.15, 0.2) is 5.60 Å². The number of rotatable bonds is 4. The number of benzene rings is 1. The minimum absolute atomic E-state index is 0.0545. The van der Waals surface area contributed by atoms with Crippen LogP contribution in [0.3, 0.4) is 0 Å². The van der Waals surface area contributed by atoms with Crippen molar-refractivity contribution in [2.75, 3.05) is 0 Å². The molecule has 5 atom stereocenters. The maximum atomic E-state index is 13.0. The fourth-order valence-electron chi connectivity index (χ4n) is 5.88. The molecule has 26 heavy (non-hydrogen) atoms. The maximum Gasteiger partial charge on any atom is 0.263 e. The van der Waals surface area contributed by atoms with Gasteiger partial charge in [-0.2, -0.15) is 0 Å². The van der Waals surface area contributed by atoms with Gasteiger partial charge < -0.3 is 15.2 Å². The third kappa shape index (κ3) is 3.24. The van der Waals surface area contributed by atoms with Gasteiger partial charge in [-0.3, -0.25) is 4.79 Å². The number of carbonyl (C=O) groups excluding carboxylic acids is 1. The standard InChI is InChI=1S/C22H31NO3/c1-13-5-14(2)7-18(6-13)26-21(3,4)20(24)23-19-16-8-15-9-17(19)12-22(25,10-15)11-16/h5-7,15-17,19,25H,8-12H2,1-4H3,(H,23,24)/t15?,16-,17+,19?,22?. The molecule has 0 aliphatic heterocycles. The first-order valence-electron chi connectivity index (χ1n) is 9.94. The molecule has 0 heterocycles. The Kier molecular flexibility index (Phi) is 4.11. The van der Waals surface area contributed by atoms with Crippen LogP contribution in [-0.4, -0.2) is 28.3 Å². The van der Waals surface area contributed by atoms with Crippen molar-refractivity contribution in [3.8, 4) is 5.75 Å². The van der Waals surface area contributed by atoms with E-state index in [0.29, 0.717) is 17.8 Å². The van der Waals surface area contributed by atoms with E-state index < -0.39 is 11.2 Å². The number of hydrogen-bond acceptors (Lipinski definition) is 3. The van der Waals surface area contributed by atoms with Crippen LogP contribution in [0.4, 0.5) is 0 Å². The van der Waals surface area contributed by atoms with Crippen molar-refractivity contribution in [1.29, 1.82) is 0 Å². The Hall–Kier alpha value is -1.55. The van der Waals surface area contributed by atoms with Crippen molar-refractivity contribution < 1.29 is 14.6 Å². The summed E-state index contributed by atoms with van der Waals surface area (Å²) in [6, 6.07) is 6.22. The minimum atomic E-state index is -0.925. The highest BCUT2D eigenvalue weighted by Gasteiger charge is 2.55. The van der Waals surface area contributed by atoms with E-state index in [1.807, 2.05) is 39.8 Å². The molecule has 142 valence electrons. The van der Waals surface area contributed by atoms with E-state index in [1.54, 1.807) is 0 Å². The van der Waals surface area contributed by atoms with Crippen LogP contribution in [0.25, 0.3) is 0 Å². The third-order valence-electron chi connectivity index (χ3n) is 6.65. The Morgan fingerprint density at radius 3 is 2.23 bits per heavy atom. The summed E-state index contributed by atoms with van der Waals surface area (Å²) >= 11 is 0. The van der Waals surface area contributed by atoms with Crippen LogP contribution in [0.1, 0.15) is 57.1 Å². The average molecular weight is 357 g/mol. The summed E-state index contributed by atoms with van der Waals surface area (Å²) in [4.78, 5) is 13.0. The second-order valence-corrected chi connectivity index (χ2v) is 9.63. The van der Waals surface area contributed by atoms with E-state index in [-0.39, 0.29) is 11.9 Å². The zero-order valence-electron chi connectivity index (χ0n) is 16.3. The molecule has 0 aromatic heterocycles. The summed E-state index contributed by atoms with van der Waals surface area (Å²) in [6.07, 6.45) is 4.92. The molecule has 4 aliphatic rings.